The molecule has 1 heterocycles. The largest absolute Gasteiger partial charge is 0.317 e. The lowest BCUT2D eigenvalue weighted by Crippen LogP contribution is -2.39. The summed E-state index contributed by atoms with van der Waals surface area (Å²) in [5.74, 6) is 1.51. The third-order valence-electron chi connectivity index (χ3n) is 4.52. The van der Waals surface area contributed by atoms with E-state index in [1.807, 2.05) is 0 Å². The highest BCUT2D eigenvalue weighted by Crippen LogP contribution is 2.30. The lowest BCUT2D eigenvalue weighted by atomic mass is 9.91. The molecule has 1 atom stereocenters. The van der Waals surface area contributed by atoms with Crippen LogP contribution < -0.4 is 5.32 Å². The van der Waals surface area contributed by atoms with E-state index in [0.717, 1.165) is 12.5 Å². The van der Waals surface area contributed by atoms with Gasteiger partial charge in [-0.1, -0.05) is 51.1 Å². The highest BCUT2D eigenvalue weighted by Gasteiger charge is 2.25. The van der Waals surface area contributed by atoms with Crippen molar-refractivity contribution in [3.05, 3.63) is 35.9 Å². The molecule has 2 heteroatoms. The highest BCUT2D eigenvalue weighted by molar-refractivity contribution is 5.19. The first-order valence-corrected chi connectivity index (χ1v) is 8.22. The van der Waals surface area contributed by atoms with Crippen LogP contribution in [0.4, 0.5) is 0 Å². The van der Waals surface area contributed by atoms with Gasteiger partial charge < -0.3 is 5.32 Å². The predicted molar refractivity (Wildman–Crippen MR) is 86.9 cm³/mol. The Morgan fingerprint density at radius 1 is 1.15 bits per heavy atom. The quantitative estimate of drug-likeness (QED) is 0.851. The van der Waals surface area contributed by atoms with E-state index in [1.54, 1.807) is 0 Å². The van der Waals surface area contributed by atoms with Gasteiger partial charge >= 0.3 is 0 Å². The molecule has 1 saturated heterocycles. The molecule has 0 amide bonds. The second kappa shape index (κ2) is 7.80. The Labute approximate surface area is 124 Å². The van der Waals surface area contributed by atoms with Crippen LogP contribution in [0.15, 0.2) is 30.3 Å². The standard InChI is InChI=1S/C18H30N2/c1-4-20(14-16-10-12-19-13-11-16)18(15(2)3)17-8-6-5-7-9-17/h5-9,15-16,18-19H,4,10-14H2,1-3H3. The van der Waals surface area contributed by atoms with Gasteiger partial charge in [0.15, 0.2) is 0 Å². The average molecular weight is 274 g/mol. The third kappa shape index (κ3) is 4.07. The number of piperidine rings is 1. The molecule has 1 N–H and O–H groups in total. The van der Waals surface area contributed by atoms with E-state index in [4.69, 9.17) is 0 Å². The molecule has 2 nitrogen and oxygen atoms in total. The van der Waals surface area contributed by atoms with Gasteiger partial charge in [-0.15, -0.1) is 0 Å². The summed E-state index contributed by atoms with van der Waals surface area (Å²) in [5.41, 5.74) is 1.47. The smallest absolute Gasteiger partial charge is 0.0371 e. The molecule has 0 aromatic heterocycles. The molecule has 1 aromatic rings. The van der Waals surface area contributed by atoms with Gasteiger partial charge in [-0.05, 0) is 49.9 Å². The summed E-state index contributed by atoms with van der Waals surface area (Å²) >= 11 is 0. The Balaban J connectivity index is 2.09. The maximum atomic E-state index is 3.47. The fraction of sp³-hybridized carbons (Fsp3) is 0.667. The van der Waals surface area contributed by atoms with Crippen molar-refractivity contribution in [3.63, 3.8) is 0 Å². The predicted octanol–water partition coefficient (Wildman–Crippen LogP) is 3.71. The average Bonchev–Trinajstić information content (AvgIpc) is 2.48. The zero-order valence-electron chi connectivity index (χ0n) is 13.3. The zero-order chi connectivity index (χ0) is 14.4. The number of benzene rings is 1. The van der Waals surface area contributed by atoms with Gasteiger partial charge in [-0.25, -0.2) is 0 Å². The minimum atomic E-state index is 0.552. The number of nitrogens with zero attached hydrogens (tertiary/aromatic N) is 1. The van der Waals surface area contributed by atoms with E-state index >= 15 is 0 Å². The lowest BCUT2D eigenvalue weighted by Gasteiger charge is -2.37. The van der Waals surface area contributed by atoms with Gasteiger partial charge in [0, 0.05) is 12.6 Å². The van der Waals surface area contributed by atoms with E-state index in [2.05, 4.69) is 61.3 Å². The Morgan fingerprint density at radius 2 is 1.80 bits per heavy atom. The third-order valence-corrected chi connectivity index (χ3v) is 4.52. The van der Waals surface area contributed by atoms with Gasteiger partial charge in [0.05, 0.1) is 0 Å². The van der Waals surface area contributed by atoms with E-state index in [0.29, 0.717) is 12.0 Å². The van der Waals surface area contributed by atoms with Crippen molar-refractivity contribution in [1.29, 1.82) is 0 Å². The summed E-state index contributed by atoms with van der Waals surface area (Å²) in [5, 5.41) is 3.47. The van der Waals surface area contributed by atoms with Crippen LogP contribution in [0.3, 0.4) is 0 Å². The van der Waals surface area contributed by atoms with Crippen molar-refractivity contribution in [2.75, 3.05) is 26.2 Å². The molecule has 1 unspecified atom stereocenters. The van der Waals surface area contributed by atoms with Crippen LogP contribution in [-0.2, 0) is 0 Å². The van der Waals surface area contributed by atoms with Gasteiger partial charge in [0.1, 0.15) is 0 Å². The van der Waals surface area contributed by atoms with E-state index in [-0.39, 0.29) is 0 Å². The van der Waals surface area contributed by atoms with Crippen LogP contribution in [0.1, 0.15) is 45.2 Å². The Morgan fingerprint density at radius 3 is 2.35 bits per heavy atom. The Hall–Kier alpha value is -0.860. The van der Waals surface area contributed by atoms with Gasteiger partial charge in [0.2, 0.25) is 0 Å². The summed E-state index contributed by atoms with van der Waals surface area (Å²) in [6, 6.07) is 11.6. The molecule has 112 valence electrons. The van der Waals surface area contributed by atoms with E-state index < -0.39 is 0 Å². The van der Waals surface area contributed by atoms with Crippen LogP contribution in [0.2, 0.25) is 0 Å². The minimum absolute atomic E-state index is 0.552. The molecule has 1 aromatic carbocycles. The van der Waals surface area contributed by atoms with Gasteiger partial charge in [-0.2, -0.15) is 0 Å². The molecule has 2 rings (SSSR count). The number of hydrogen-bond acceptors (Lipinski definition) is 2. The van der Waals surface area contributed by atoms with Gasteiger partial charge in [-0.3, -0.25) is 4.90 Å². The highest BCUT2D eigenvalue weighted by atomic mass is 15.2. The van der Waals surface area contributed by atoms with E-state index in [9.17, 15) is 0 Å². The summed E-state index contributed by atoms with van der Waals surface area (Å²) in [6.45, 7) is 11.8. The molecule has 0 radical (unpaired) electrons. The molecule has 1 fully saturated rings. The molecule has 0 bridgehead atoms. The van der Waals surface area contributed by atoms with Crippen LogP contribution >= 0.6 is 0 Å². The first-order chi connectivity index (χ1) is 9.72. The zero-order valence-corrected chi connectivity index (χ0v) is 13.3. The molecule has 20 heavy (non-hydrogen) atoms. The SMILES string of the molecule is CCN(CC1CCNCC1)C(c1ccccc1)C(C)C. The Kier molecular flexibility index (Phi) is 6.06. The first-order valence-electron chi connectivity index (χ1n) is 8.22. The topological polar surface area (TPSA) is 15.3 Å². The van der Waals surface area contributed by atoms with Gasteiger partial charge in [0.25, 0.3) is 0 Å². The van der Waals surface area contributed by atoms with Crippen molar-refractivity contribution in [1.82, 2.24) is 10.2 Å². The second-order valence-corrected chi connectivity index (χ2v) is 6.38. The van der Waals surface area contributed by atoms with E-state index in [1.165, 1.54) is 38.0 Å². The summed E-state index contributed by atoms with van der Waals surface area (Å²) in [6.07, 6.45) is 2.66. The van der Waals surface area contributed by atoms with Crippen molar-refractivity contribution >= 4 is 0 Å². The monoisotopic (exact) mass is 274 g/mol. The number of rotatable bonds is 6. The van der Waals surface area contributed by atoms with Crippen molar-refractivity contribution < 1.29 is 0 Å². The summed E-state index contributed by atoms with van der Waals surface area (Å²) in [4.78, 5) is 2.69. The van der Waals surface area contributed by atoms with Crippen molar-refractivity contribution in [2.45, 2.75) is 39.7 Å². The summed E-state index contributed by atoms with van der Waals surface area (Å²) < 4.78 is 0. The fourth-order valence-corrected chi connectivity index (χ4v) is 3.50. The number of nitrogens with one attached hydrogen (secondary N) is 1. The van der Waals surface area contributed by atoms with Crippen LogP contribution in [-0.4, -0.2) is 31.1 Å². The molecular weight excluding hydrogens is 244 g/mol. The maximum absolute atomic E-state index is 3.47. The van der Waals surface area contributed by atoms with Crippen molar-refractivity contribution in [2.24, 2.45) is 11.8 Å². The first kappa shape index (κ1) is 15.5. The molecular formula is C18H30N2. The van der Waals surface area contributed by atoms with Crippen LogP contribution in [0.5, 0.6) is 0 Å². The number of hydrogen-bond donors (Lipinski definition) is 1. The molecule has 0 spiro atoms. The molecule has 1 aliphatic rings. The fourth-order valence-electron chi connectivity index (χ4n) is 3.50. The molecule has 0 saturated carbocycles. The molecule has 1 aliphatic heterocycles. The Bertz CT molecular complexity index is 368. The second-order valence-electron chi connectivity index (χ2n) is 6.38. The van der Waals surface area contributed by atoms with Crippen LogP contribution in [0.25, 0.3) is 0 Å². The lowest BCUT2D eigenvalue weighted by molar-refractivity contribution is 0.127. The van der Waals surface area contributed by atoms with Crippen LogP contribution in [0, 0.1) is 11.8 Å². The minimum Gasteiger partial charge on any atom is -0.317 e. The normalized spacial score (nSPS) is 18.6. The molecule has 0 aliphatic carbocycles. The summed E-state index contributed by atoms with van der Waals surface area (Å²) in [7, 11) is 0. The maximum Gasteiger partial charge on any atom is 0.0371 e. The van der Waals surface area contributed by atoms with Crippen molar-refractivity contribution in [3.8, 4) is 0 Å².